The average Bonchev–Trinajstić information content (AvgIpc) is 3.03. The van der Waals surface area contributed by atoms with Crippen molar-refractivity contribution in [2.75, 3.05) is 11.9 Å². The number of sulfonamides is 1. The Kier molecular flexibility index (Phi) is 5.88. The third kappa shape index (κ3) is 4.91. The molecule has 0 fully saturated rings. The molecule has 1 heterocycles. The average molecular weight is 404 g/mol. The van der Waals surface area contributed by atoms with Gasteiger partial charge in [-0.05, 0) is 43.2 Å². The van der Waals surface area contributed by atoms with Gasteiger partial charge in [0.2, 0.25) is 15.9 Å². The van der Waals surface area contributed by atoms with Crippen molar-refractivity contribution < 1.29 is 13.2 Å². The van der Waals surface area contributed by atoms with E-state index in [1.54, 1.807) is 30.4 Å². The molecule has 142 valence electrons. The Morgan fingerprint density at radius 3 is 2.70 bits per heavy atom. The molecule has 6 nitrogen and oxygen atoms in total. The summed E-state index contributed by atoms with van der Waals surface area (Å²) in [6.07, 6.45) is 1.37. The topological polar surface area (TPSA) is 88.2 Å². The second kappa shape index (κ2) is 8.16. The van der Waals surface area contributed by atoms with E-state index in [0.29, 0.717) is 30.6 Å². The Balaban J connectivity index is 1.62. The minimum Gasteiger partial charge on any atom is -0.326 e. The Morgan fingerprint density at radius 1 is 1.19 bits per heavy atom. The van der Waals surface area contributed by atoms with Crippen LogP contribution in [0.5, 0.6) is 0 Å². The van der Waals surface area contributed by atoms with E-state index in [4.69, 9.17) is 0 Å². The molecule has 1 aromatic heterocycles. The van der Waals surface area contributed by atoms with Gasteiger partial charge in [-0.25, -0.2) is 18.1 Å². The van der Waals surface area contributed by atoms with E-state index < -0.39 is 10.0 Å². The lowest BCUT2D eigenvalue weighted by atomic mass is 10.2. The Labute approximate surface area is 162 Å². The molecule has 1 amide bonds. The summed E-state index contributed by atoms with van der Waals surface area (Å²) in [7, 11) is -3.65. The second-order valence-corrected chi connectivity index (χ2v) is 9.09. The Hall–Kier alpha value is -2.29. The standard InChI is InChI=1S/C19H21N3O3S2/c1-13-9-10-15(21-14(2)23)12-18(13)27(24,25)20-11-5-8-19-22-16-6-3-4-7-17(16)26-19/h3-4,6-7,9-10,12,20H,5,8,11H2,1-2H3,(H,21,23). The SMILES string of the molecule is CC(=O)Nc1ccc(C)c(S(=O)(=O)NCCCc2nc3ccccc3s2)c1. The van der Waals surface area contributed by atoms with Crippen LogP contribution in [0.25, 0.3) is 10.2 Å². The summed E-state index contributed by atoms with van der Waals surface area (Å²) in [4.78, 5) is 15.9. The summed E-state index contributed by atoms with van der Waals surface area (Å²) in [5.41, 5.74) is 2.06. The summed E-state index contributed by atoms with van der Waals surface area (Å²) in [5.74, 6) is -0.244. The number of para-hydroxylation sites is 1. The van der Waals surface area contributed by atoms with Crippen LogP contribution < -0.4 is 10.0 Å². The molecule has 0 atom stereocenters. The smallest absolute Gasteiger partial charge is 0.240 e. The first-order valence-corrected chi connectivity index (χ1v) is 10.9. The molecule has 2 aromatic carbocycles. The number of carbonyl (C=O) groups excluding carboxylic acids is 1. The zero-order valence-corrected chi connectivity index (χ0v) is 16.8. The van der Waals surface area contributed by atoms with Crippen LogP contribution in [0.1, 0.15) is 23.9 Å². The van der Waals surface area contributed by atoms with Gasteiger partial charge in [0.15, 0.2) is 0 Å². The molecule has 0 unspecified atom stereocenters. The molecular weight excluding hydrogens is 382 g/mol. The van der Waals surface area contributed by atoms with Gasteiger partial charge in [0.25, 0.3) is 0 Å². The molecule has 3 aromatic rings. The monoisotopic (exact) mass is 403 g/mol. The summed E-state index contributed by atoms with van der Waals surface area (Å²) >= 11 is 1.63. The van der Waals surface area contributed by atoms with E-state index in [0.717, 1.165) is 15.2 Å². The van der Waals surface area contributed by atoms with Crippen molar-refractivity contribution in [1.29, 1.82) is 0 Å². The van der Waals surface area contributed by atoms with Crippen molar-refractivity contribution in [2.24, 2.45) is 0 Å². The summed E-state index contributed by atoms with van der Waals surface area (Å²) < 4.78 is 29.0. The zero-order valence-electron chi connectivity index (χ0n) is 15.2. The van der Waals surface area contributed by atoms with Crippen LogP contribution in [-0.4, -0.2) is 25.9 Å². The predicted molar refractivity (Wildman–Crippen MR) is 109 cm³/mol. The summed E-state index contributed by atoms with van der Waals surface area (Å²) in [6, 6.07) is 12.8. The number of nitrogens with one attached hydrogen (secondary N) is 2. The number of benzene rings is 2. The highest BCUT2D eigenvalue weighted by atomic mass is 32.2. The van der Waals surface area contributed by atoms with Gasteiger partial charge in [0, 0.05) is 25.6 Å². The molecule has 0 saturated heterocycles. The van der Waals surface area contributed by atoms with Gasteiger partial charge in [0.05, 0.1) is 20.1 Å². The number of amides is 1. The molecule has 0 spiro atoms. The molecule has 27 heavy (non-hydrogen) atoms. The number of rotatable bonds is 7. The van der Waals surface area contributed by atoms with Crippen molar-refractivity contribution in [3.05, 3.63) is 53.0 Å². The van der Waals surface area contributed by atoms with E-state index in [1.165, 1.54) is 13.0 Å². The number of aryl methyl sites for hydroxylation is 2. The van der Waals surface area contributed by atoms with Crippen molar-refractivity contribution in [3.8, 4) is 0 Å². The van der Waals surface area contributed by atoms with Crippen LogP contribution >= 0.6 is 11.3 Å². The van der Waals surface area contributed by atoms with Gasteiger partial charge < -0.3 is 5.32 Å². The molecule has 0 aliphatic carbocycles. The van der Waals surface area contributed by atoms with Crippen molar-refractivity contribution >= 4 is 43.2 Å². The minimum atomic E-state index is -3.65. The number of carbonyl (C=O) groups is 1. The van der Waals surface area contributed by atoms with E-state index >= 15 is 0 Å². The van der Waals surface area contributed by atoms with Crippen molar-refractivity contribution in [1.82, 2.24) is 9.71 Å². The number of fused-ring (bicyclic) bond motifs is 1. The van der Waals surface area contributed by atoms with Crippen LogP contribution in [0.15, 0.2) is 47.4 Å². The van der Waals surface area contributed by atoms with Gasteiger partial charge in [0.1, 0.15) is 0 Å². The molecule has 2 N–H and O–H groups in total. The fourth-order valence-corrected chi connectivity index (χ4v) is 5.07. The highest BCUT2D eigenvalue weighted by Gasteiger charge is 2.17. The third-order valence-electron chi connectivity index (χ3n) is 4.00. The molecule has 0 radical (unpaired) electrons. The minimum absolute atomic E-state index is 0.175. The van der Waals surface area contributed by atoms with E-state index in [9.17, 15) is 13.2 Å². The predicted octanol–water partition coefficient (Wildman–Crippen LogP) is 3.47. The summed E-state index contributed by atoms with van der Waals surface area (Å²) in [5, 5.41) is 3.61. The molecule has 0 aliphatic rings. The quantitative estimate of drug-likeness (QED) is 0.591. The normalized spacial score (nSPS) is 11.6. The van der Waals surface area contributed by atoms with Crippen LogP contribution in [0, 0.1) is 6.92 Å². The molecule has 3 rings (SSSR count). The largest absolute Gasteiger partial charge is 0.326 e. The number of hydrogen-bond donors (Lipinski definition) is 2. The number of hydrogen-bond acceptors (Lipinski definition) is 5. The van der Waals surface area contributed by atoms with Crippen LogP contribution in [0.2, 0.25) is 0 Å². The summed E-state index contributed by atoms with van der Waals surface area (Å²) in [6.45, 7) is 3.43. The van der Waals surface area contributed by atoms with Gasteiger partial charge in [-0.3, -0.25) is 4.79 Å². The lowest BCUT2D eigenvalue weighted by Crippen LogP contribution is -2.26. The zero-order chi connectivity index (χ0) is 19.4. The van der Waals surface area contributed by atoms with Gasteiger partial charge in [-0.15, -0.1) is 11.3 Å². The first kappa shape index (κ1) is 19.5. The number of aromatic nitrogens is 1. The maximum absolute atomic E-state index is 12.6. The third-order valence-corrected chi connectivity index (χ3v) is 6.69. The van der Waals surface area contributed by atoms with Crippen LogP contribution in [0.4, 0.5) is 5.69 Å². The van der Waals surface area contributed by atoms with E-state index in [-0.39, 0.29) is 10.8 Å². The molecule has 0 saturated carbocycles. The lowest BCUT2D eigenvalue weighted by molar-refractivity contribution is -0.114. The second-order valence-electron chi connectivity index (χ2n) is 6.24. The maximum atomic E-state index is 12.6. The van der Waals surface area contributed by atoms with Crippen molar-refractivity contribution in [2.45, 2.75) is 31.6 Å². The molecule has 0 bridgehead atoms. The highest BCUT2D eigenvalue weighted by Crippen LogP contribution is 2.23. The highest BCUT2D eigenvalue weighted by molar-refractivity contribution is 7.89. The van der Waals surface area contributed by atoms with Gasteiger partial charge in [-0.1, -0.05) is 18.2 Å². The maximum Gasteiger partial charge on any atom is 0.240 e. The van der Waals surface area contributed by atoms with Gasteiger partial charge in [-0.2, -0.15) is 0 Å². The lowest BCUT2D eigenvalue weighted by Gasteiger charge is -2.11. The number of nitrogens with zero attached hydrogens (tertiary/aromatic N) is 1. The molecular formula is C19H21N3O3S2. The first-order chi connectivity index (χ1) is 12.8. The fourth-order valence-electron chi connectivity index (χ4n) is 2.72. The Morgan fingerprint density at radius 2 is 1.96 bits per heavy atom. The molecule has 8 heteroatoms. The Bertz CT molecular complexity index is 1040. The van der Waals surface area contributed by atoms with E-state index in [1.807, 2.05) is 24.3 Å². The fraction of sp³-hybridized carbons (Fsp3) is 0.263. The van der Waals surface area contributed by atoms with Crippen LogP contribution in [0.3, 0.4) is 0 Å². The number of thiazole rings is 1. The number of anilines is 1. The van der Waals surface area contributed by atoms with Crippen molar-refractivity contribution in [3.63, 3.8) is 0 Å². The first-order valence-electron chi connectivity index (χ1n) is 8.57. The molecule has 0 aliphatic heterocycles. The van der Waals surface area contributed by atoms with Gasteiger partial charge >= 0.3 is 0 Å². The van der Waals surface area contributed by atoms with E-state index in [2.05, 4.69) is 15.0 Å². The van der Waals surface area contributed by atoms with Crippen LogP contribution in [-0.2, 0) is 21.2 Å².